The highest BCUT2D eigenvalue weighted by molar-refractivity contribution is 7.84. The highest BCUT2D eigenvalue weighted by Crippen LogP contribution is 1.89. The predicted molar refractivity (Wildman–Crippen MR) is 57.8 cm³/mol. The number of aliphatic carboxylic acids is 1. The summed E-state index contributed by atoms with van der Waals surface area (Å²) in [5.74, 6) is -0.228. The molecule has 0 radical (unpaired) electrons. The molecule has 2 N–H and O–H groups in total. The number of carboxylic acids is 1. The zero-order chi connectivity index (χ0) is 11.0. The molecule has 0 aliphatic carbocycles. The first-order chi connectivity index (χ1) is 6.52. The first-order valence-electron chi connectivity index (χ1n) is 4.43. The summed E-state index contributed by atoms with van der Waals surface area (Å²) in [6, 6.07) is 0. The summed E-state index contributed by atoms with van der Waals surface area (Å²) >= 11 is 0. The van der Waals surface area contributed by atoms with Crippen molar-refractivity contribution in [2.75, 3.05) is 25.1 Å². The minimum absolute atomic E-state index is 0.572. The van der Waals surface area contributed by atoms with Gasteiger partial charge in [-0.2, -0.15) is 0 Å². The van der Waals surface area contributed by atoms with Crippen LogP contribution in [0, 0.1) is 0 Å². The minimum Gasteiger partial charge on any atom is -0.478 e. The molecule has 82 valence electrons. The molecule has 0 bridgehead atoms. The van der Waals surface area contributed by atoms with Crippen molar-refractivity contribution in [3.8, 4) is 0 Å². The van der Waals surface area contributed by atoms with E-state index in [1.54, 1.807) is 13.2 Å². The molecule has 14 heavy (non-hydrogen) atoms. The zero-order valence-electron chi connectivity index (χ0n) is 8.58. The van der Waals surface area contributed by atoms with Gasteiger partial charge in [0.2, 0.25) is 0 Å². The second kappa shape index (κ2) is 7.70. The predicted octanol–water partition coefficient (Wildman–Crippen LogP) is 0.375. The number of hydrogen-bond donors (Lipinski definition) is 2. The number of rotatable bonds is 7. The Hall–Kier alpha value is -0.680. The van der Waals surface area contributed by atoms with Gasteiger partial charge in [-0.25, -0.2) is 4.79 Å². The summed E-state index contributed by atoms with van der Waals surface area (Å²) < 4.78 is 10.7. The van der Waals surface area contributed by atoms with E-state index in [0.29, 0.717) is 12.3 Å². The molecule has 1 atom stereocenters. The lowest BCUT2D eigenvalue weighted by molar-refractivity contribution is -0.131. The van der Waals surface area contributed by atoms with E-state index in [1.807, 2.05) is 0 Å². The van der Waals surface area contributed by atoms with Crippen LogP contribution in [-0.2, 0) is 15.6 Å². The maximum Gasteiger partial charge on any atom is 0.328 e. The van der Waals surface area contributed by atoms with Crippen LogP contribution in [0.15, 0.2) is 11.6 Å². The lowest BCUT2D eigenvalue weighted by Gasteiger charge is -2.03. The Morgan fingerprint density at radius 1 is 1.57 bits per heavy atom. The fourth-order valence-electron chi connectivity index (χ4n) is 0.948. The topological polar surface area (TPSA) is 66.4 Å². The van der Waals surface area contributed by atoms with Crippen molar-refractivity contribution < 1.29 is 14.1 Å². The van der Waals surface area contributed by atoms with E-state index in [9.17, 15) is 9.00 Å². The van der Waals surface area contributed by atoms with Gasteiger partial charge >= 0.3 is 5.97 Å². The van der Waals surface area contributed by atoms with Gasteiger partial charge in [0, 0.05) is 35.4 Å². The lowest BCUT2D eigenvalue weighted by Crippen LogP contribution is -2.19. The molecule has 4 nitrogen and oxygen atoms in total. The third-order valence-electron chi connectivity index (χ3n) is 1.56. The van der Waals surface area contributed by atoms with Crippen LogP contribution in [-0.4, -0.2) is 40.4 Å². The zero-order valence-corrected chi connectivity index (χ0v) is 9.39. The van der Waals surface area contributed by atoms with E-state index < -0.39 is 16.8 Å². The van der Waals surface area contributed by atoms with Crippen molar-refractivity contribution in [1.29, 1.82) is 0 Å². The summed E-state index contributed by atoms with van der Waals surface area (Å²) in [5, 5.41) is 11.5. The molecule has 0 aliphatic rings. The Morgan fingerprint density at radius 2 is 2.21 bits per heavy atom. The van der Waals surface area contributed by atoms with Gasteiger partial charge < -0.3 is 10.4 Å². The maximum absolute atomic E-state index is 10.7. The van der Waals surface area contributed by atoms with Gasteiger partial charge in [0.05, 0.1) is 0 Å². The fourth-order valence-corrected chi connectivity index (χ4v) is 1.50. The van der Waals surface area contributed by atoms with Crippen molar-refractivity contribution in [3.63, 3.8) is 0 Å². The third kappa shape index (κ3) is 9.41. The molecular weight excluding hydrogens is 202 g/mol. The van der Waals surface area contributed by atoms with E-state index in [2.05, 4.69) is 5.32 Å². The van der Waals surface area contributed by atoms with E-state index in [0.717, 1.165) is 18.5 Å². The highest BCUT2D eigenvalue weighted by atomic mass is 32.2. The Morgan fingerprint density at radius 3 is 2.71 bits per heavy atom. The molecular formula is C9H17NO3S. The fraction of sp³-hybridized carbons (Fsp3) is 0.667. The molecule has 0 aromatic rings. The van der Waals surface area contributed by atoms with Crippen LogP contribution < -0.4 is 5.32 Å². The third-order valence-corrected chi connectivity index (χ3v) is 2.42. The number of carbonyl (C=O) groups is 1. The van der Waals surface area contributed by atoms with Gasteiger partial charge in [0.15, 0.2) is 0 Å². The monoisotopic (exact) mass is 219 g/mol. The standard InChI is InChI=1S/C9H17NO3S/c1-8(6-9(11)12)7-10-4-3-5-14(2)13/h6,10H,3-5,7H2,1-2H3,(H,11,12). The number of hydrogen-bond acceptors (Lipinski definition) is 3. The normalized spacial score (nSPS) is 14.0. The summed E-state index contributed by atoms with van der Waals surface area (Å²) in [5.41, 5.74) is 0.787. The Bertz CT molecular complexity index is 238. The van der Waals surface area contributed by atoms with Crippen LogP contribution >= 0.6 is 0 Å². The van der Waals surface area contributed by atoms with Crippen molar-refractivity contribution in [2.45, 2.75) is 13.3 Å². The molecule has 0 aromatic carbocycles. The van der Waals surface area contributed by atoms with Gasteiger partial charge in [-0.15, -0.1) is 0 Å². The molecule has 5 heteroatoms. The van der Waals surface area contributed by atoms with Gasteiger partial charge in [0.1, 0.15) is 0 Å². The minimum atomic E-state index is -0.918. The molecule has 0 aliphatic heterocycles. The number of nitrogens with one attached hydrogen (secondary N) is 1. The van der Waals surface area contributed by atoms with Crippen LogP contribution in [0.5, 0.6) is 0 Å². The van der Waals surface area contributed by atoms with E-state index in [1.165, 1.54) is 6.08 Å². The molecule has 0 heterocycles. The van der Waals surface area contributed by atoms with Crippen molar-refractivity contribution >= 4 is 16.8 Å². The molecule has 0 saturated carbocycles. The van der Waals surface area contributed by atoms with Crippen LogP contribution in [0.4, 0.5) is 0 Å². The average molecular weight is 219 g/mol. The lowest BCUT2D eigenvalue weighted by atomic mass is 10.3. The molecule has 0 aromatic heterocycles. The Kier molecular flexibility index (Phi) is 7.32. The van der Waals surface area contributed by atoms with E-state index >= 15 is 0 Å². The first-order valence-corrected chi connectivity index (χ1v) is 6.16. The van der Waals surface area contributed by atoms with Crippen molar-refractivity contribution in [1.82, 2.24) is 5.32 Å². The smallest absolute Gasteiger partial charge is 0.328 e. The van der Waals surface area contributed by atoms with Gasteiger partial charge in [-0.1, -0.05) is 5.57 Å². The van der Waals surface area contributed by atoms with Gasteiger partial charge in [-0.3, -0.25) is 4.21 Å². The van der Waals surface area contributed by atoms with Crippen LogP contribution in [0.2, 0.25) is 0 Å². The van der Waals surface area contributed by atoms with Gasteiger partial charge in [0.25, 0.3) is 0 Å². The summed E-state index contributed by atoms with van der Waals surface area (Å²) in [7, 11) is -0.738. The summed E-state index contributed by atoms with van der Waals surface area (Å²) in [4.78, 5) is 10.2. The second-order valence-electron chi connectivity index (χ2n) is 3.14. The Labute approximate surface area is 86.8 Å². The molecule has 0 fully saturated rings. The molecule has 0 amide bonds. The van der Waals surface area contributed by atoms with E-state index in [4.69, 9.17) is 5.11 Å². The molecule has 0 rings (SSSR count). The van der Waals surface area contributed by atoms with E-state index in [-0.39, 0.29) is 0 Å². The number of carboxylic acid groups (broad SMARTS) is 1. The Balaban J connectivity index is 3.45. The SMILES string of the molecule is CC(=CC(=O)O)CNCCCS(C)=O. The second-order valence-corrected chi connectivity index (χ2v) is 4.69. The van der Waals surface area contributed by atoms with Gasteiger partial charge in [-0.05, 0) is 19.9 Å². The average Bonchev–Trinajstić information content (AvgIpc) is 2.01. The van der Waals surface area contributed by atoms with Crippen molar-refractivity contribution in [3.05, 3.63) is 11.6 Å². The van der Waals surface area contributed by atoms with Crippen LogP contribution in [0.1, 0.15) is 13.3 Å². The summed E-state index contributed by atoms with van der Waals surface area (Å²) in [6.07, 6.45) is 3.71. The molecule has 0 saturated heterocycles. The van der Waals surface area contributed by atoms with Crippen molar-refractivity contribution in [2.24, 2.45) is 0 Å². The molecule has 0 spiro atoms. The highest BCUT2D eigenvalue weighted by Gasteiger charge is 1.95. The van der Waals surface area contributed by atoms with Crippen LogP contribution in [0.3, 0.4) is 0 Å². The quantitative estimate of drug-likeness (QED) is 0.480. The largest absolute Gasteiger partial charge is 0.478 e. The first kappa shape index (κ1) is 13.3. The molecule has 1 unspecified atom stereocenters. The maximum atomic E-state index is 10.7. The summed E-state index contributed by atoms with van der Waals surface area (Å²) in [6.45, 7) is 3.10. The van der Waals surface area contributed by atoms with Crippen LogP contribution in [0.25, 0.3) is 0 Å².